The predicted octanol–water partition coefficient (Wildman–Crippen LogP) is 1.37. The Morgan fingerprint density at radius 1 is 1.47 bits per heavy atom. The number of carboxylic acid groups (broad SMARTS) is 1. The van der Waals surface area contributed by atoms with E-state index in [4.69, 9.17) is 5.11 Å². The average Bonchev–Trinajstić information content (AvgIpc) is 2.66. The van der Waals surface area contributed by atoms with Crippen LogP contribution in [0.2, 0.25) is 0 Å². The van der Waals surface area contributed by atoms with E-state index in [0.717, 1.165) is 13.2 Å². The first-order valence-corrected chi connectivity index (χ1v) is 4.50. The van der Waals surface area contributed by atoms with E-state index in [1.807, 2.05) is 0 Å². The molecule has 5 heteroatoms. The highest BCUT2D eigenvalue weighted by Gasteiger charge is 2.61. The Bertz CT molecular complexity index is 332. The molecule has 0 heterocycles. The maximum atomic E-state index is 13.1. The van der Waals surface area contributed by atoms with E-state index in [1.54, 1.807) is 13.8 Å². The van der Waals surface area contributed by atoms with Gasteiger partial charge in [0.15, 0.2) is 0 Å². The maximum Gasteiger partial charge on any atom is 0.366 e. The number of carboxylic acids is 1. The molecule has 0 aliphatic heterocycles. The van der Waals surface area contributed by atoms with Crippen LogP contribution in [0, 0.1) is 17.3 Å². The third kappa shape index (κ3) is 2.00. The van der Waals surface area contributed by atoms with Crippen LogP contribution in [0.5, 0.6) is 0 Å². The van der Waals surface area contributed by atoms with Crippen LogP contribution >= 0.6 is 0 Å². The van der Waals surface area contributed by atoms with Gasteiger partial charge in [0.05, 0.1) is 13.0 Å². The average molecular weight is 216 g/mol. The van der Waals surface area contributed by atoms with Gasteiger partial charge in [0.25, 0.3) is 0 Å². The van der Waals surface area contributed by atoms with Gasteiger partial charge >= 0.3 is 11.9 Å². The predicted molar refractivity (Wildman–Crippen MR) is 49.6 cm³/mol. The number of hydrogen-bond donors (Lipinski definition) is 1. The second-order valence-electron chi connectivity index (χ2n) is 4.17. The van der Waals surface area contributed by atoms with Gasteiger partial charge in [-0.25, -0.2) is 4.79 Å². The van der Waals surface area contributed by atoms with Crippen molar-refractivity contribution in [3.63, 3.8) is 0 Å². The molecule has 0 aromatic carbocycles. The molecule has 0 bridgehead atoms. The van der Waals surface area contributed by atoms with Crippen LogP contribution in [0.4, 0.5) is 4.39 Å². The molecule has 0 spiro atoms. The first kappa shape index (κ1) is 11.7. The lowest BCUT2D eigenvalue weighted by Gasteiger charge is -1.97. The fraction of sp³-hybridized carbons (Fsp3) is 0.600. The molecule has 0 amide bonds. The van der Waals surface area contributed by atoms with Gasteiger partial charge in [-0.1, -0.05) is 13.8 Å². The molecular weight excluding hydrogens is 203 g/mol. The molecule has 1 saturated carbocycles. The normalized spacial score (nSPS) is 28.4. The second-order valence-corrected chi connectivity index (χ2v) is 4.17. The Balaban J connectivity index is 2.78. The number of carbonyl (C=O) groups excluding carboxylic acids is 1. The van der Waals surface area contributed by atoms with E-state index in [-0.39, 0.29) is 0 Å². The fourth-order valence-electron chi connectivity index (χ4n) is 1.78. The van der Waals surface area contributed by atoms with E-state index in [0.29, 0.717) is 0 Å². The molecule has 0 saturated heterocycles. The molecule has 1 fully saturated rings. The topological polar surface area (TPSA) is 63.6 Å². The molecular formula is C10H13FO4. The molecule has 2 unspecified atom stereocenters. The van der Waals surface area contributed by atoms with E-state index >= 15 is 0 Å². The first-order chi connectivity index (χ1) is 6.82. The number of aliphatic carboxylic acids is 1. The first-order valence-electron chi connectivity index (χ1n) is 4.50. The van der Waals surface area contributed by atoms with Crippen molar-refractivity contribution >= 4 is 11.9 Å². The lowest BCUT2D eigenvalue weighted by molar-refractivity contribution is -0.140. The van der Waals surface area contributed by atoms with E-state index in [1.165, 1.54) is 0 Å². The third-order valence-corrected chi connectivity index (χ3v) is 2.88. The Labute approximate surface area is 86.7 Å². The summed E-state index contributed by atoms with van der Waals surface area (Å²) in [5.41, 5.74) is -0.503. The minimum absolute atomic E-state index is 0.450. The van der Waals surface area contributed by atoms with E-state index in [2.05, 4.69) is 4.74 Å². The summed E-state index contributed by atoms with van der Waals surface area (Å²) in [6.07, 6.45) is 1.03. The summed E-state index contributed by atoms with van der Waals surface area (Å²) >= 11 is 0. The highest BCUT2D eigenvalue weighted by molar-refractivity contribution is 5.86. The lowest BCUT2D eigenvalue weighted by Crippen LogP contribution is -2.03. The zero-order chi connectivity index (χ0) is 11.8. The number of rotatable bonds is 3. The van der Waals surface area contributed by atoms with Gasteiger partial charge in [-0.3, -0.25) is 4.79 Å². The smallest absolute Gasteiger partial charge is 0.366 e. The summed E-state index contributed by atoms with van der Waals surface area (Å²) in [4.78, 5) is 21.5. The number of allylic oxidation sites excluding steroid dienone is 1. The number of methoxy groups -OCH3 is 1. The van der Waals surface area contributed by atoms with Crippen LogP contribution < -0.4 is 0 Å². The van der Waals surface area contributed by atoms with Crippen molar-refractivity contribution in [1.82, 2.24) is 0 Å². The van der Waals surface area contributed by atoms with Crippen molar-refractivity contribution in [2.75, 3.05) is 7.11 Å². The van der Waals surface area contributed by atoms with Crippen LogP contribution in [0.15, 0.2) is 11.9 Å². The summed E-state index contributed by atoms with van der Waals surface area (Å²) in [6.45, 7) is 3.44. The van der Waals surface area contributed by atoms with Gasteiger partial charge < -0.3 is 9.84 Å². The number of esters is 1. The van der Waals surface area contributed by atoms with Crippen molar-refractivity contribution in [3.8, 4) is 0 Å². The Hall–Kier alpha value is -1.39. The van der Waals surface area contributed by atoms with Crippen molar-refractivity contribution in [2.45, 2.75) is 13.8 Å². The van der Waals surface area contributed by atoms with Crippen molar-refractivity contribution in [1.29, 1.82) is 0 Å². The highest BCUT2D eigenvalue weighted by Crippen LogP contribution is 2.59. The van der Waals surface area contributed by atoms with Crippen LogP contribution in [0.25, 0.3) is 0 Å². The molecule has 1 rings (SSSR count). The molecule has 2 atom stereocenters. The van der Waals surface area contributed by atoms with Crippen LogP contribution in [0.3, 0.4) is 0 Å². The quantitative estimate of drug-likeness (QED) is 0.571. The molecule has 0 radical (unpaired) electrons. The zero-order valence-corrected chi connectivity index (χ0v) is 8.78. The van der Waals surface area contributed by atoms with Crippen LogP contribution in [0.1, 0.15) is 13.8 Å². The fourth-order valence-corrected chi connectivity index (χ4v) is 1.78. The highest BCUT2D eigenvalue weighted by atomic mass is 19.1. The number of ether oxygens (including phenoxy) is 1. The van der Waals surface area contributed by atoms with Gasteiger partial charge in [-0.2, -0.15) is 4.39 Å². The molecule has 1 aliphatic carbocycles. The van der Waals surface area contributed by atoms with Crippen molar-refractivity contribution in [3.05, 3.63) is 11.9 Å². The number of hydrogen-bond acceptors (Lipinski definition) is 3. The minimum atomic E-state index is -1.07. The summed E-state index contributed by atoms with van der Waals surface area (Å²) in [5.74, 6) is -4.15. The molecule has 1 aliphatic rings. The maximum absolute atomic E-state index is 13.1. The molecule has 4 nitrogen and oxygen atoms in total. The van der Waals surface area contributed by atoms with Gasteiger partial charge in [0.1, 0.15) is 0 Å². The lowest BCUT2D eigenvalue weighted by atomic mass is 10.1. The van der Waals surface area contributed by atoms with E-state index in [9.17, 15) is 14.0 Å². The van der Waals surface area contributed by atoms with Gasteiger partial charge in [0.2, 0.25) is 5.83 Å². The van der Waals surface area contributed by atoms with Crippen LogP contribution in [-0.4, -0.2) is 24.2 Å². The van der Waals surface area contributed by atoms with Gasteiger partial charge in [0, 0.05) is 0 Å². The zero-order valence-electron chi connectivity index (χ0n) is 8.78. The second kappa shape index (κ2) is 3.64. The van der Waals surface area contributed by atoms with Gasteiger partial charge in [-0.15, -0.1) is 0 Å². The number of carbonyl (C=O) groups is 2. The summed E-state index contributed by atoms with van der Waals surface area (Å²) < 4.78 is 17.2. The SMILES string of the molecule is COC(=O)/C(F)=C\C1C(C(=O)O)C1(C)C. The molecule has 0 aromatic heterocycles. The standard InChI is InChI=1S/C10H13FO4/c1-10(2)5(7(10)8(12)13)4-6(11)9(14)15-3/h4-5,7H,1-3H3,(H,12,13)/b6-4+. The molecule has 0 aromatic rings. The third-order valence-electron chi connectivity index (χ3n) is 2.88. The minimum Gasteiger partial charge on any atom is -0.481 e. The molecule has 15 heavy (non-hydrogen) atoms. The summed E-state index contributed by atoms with van der Waals surface area (Å²) in [6, 6.07) is 0. The monoisotopic (exact) mass is 216 g/mol. The summed E-state index contributed by atoms with van der Waals surface area (Å²) in [5, 5.41) is 8.80. The van der Waals surface area contributed by atoms with Crippen LogP contribution in [-0.2, 0) is 14.3 Å². The largest absolute Gasteiger partial charge is 0.481 e. The Kier molecular flexibility index (Phi) is 2.83. The number of halogens is 1. The molecule has 1 N–H and O–H groups in total. The Morgan fingerprint density at radius 2 is 2.00 bits per heavy atom. The van der Waals surface area contributed by atoms with Crippen molar-refractivity contribution in [2.24, 2.45) is 17.3 Å². The van der Waals surface area contributed by atoms with E-state index < -0.39 is 35.0 Å². The van der Waals surface area contributed by atoms with Crippen molar-refractivity contribution < 1.29 is 23.8 Å². The molecule has 84 valence electrons. The Morgan fingerprint density at radius 3 is 2.33 bits per heavy atom. The van der Waals surface area contributed by atoms with Gasteiger partial charge in [-0.05, 0) is 17.4 Å². The summed E-state index contributed by atoms with van der Waals surface area (Å²) in [7, 11) is 1.07.